The van der Waals surface area contributed by atoms with Gasteiger partial charge in [-0.2, -0.15) is 0 Å². The standard InChI is InChI=1S/C23H33N3O3/c1-15(27)17-10-12-19(13-11-17)22(28)25-14-16-6-8-18(9-7-16)21(24)23(29)26(2)20-4-3-5-20/h10-13,16,18,20-21H,3-9,14,24H2,1-2H3,(H,25,28)/t16?,18?,21-/m0/s1. The van der Waals surface area contributed by atoms with E-state index in [1.807, 2.05) is 11.9 Å². The van der Waals surface area contributed by atoms with E-state index in [4.69, 9.17) is 5.73 Å². The minimum Gasteiger partial charge on any atom is -0.352 e. The lowest BCUT2D eigenvalue weighted by molar-refractivity contribution is -0.136. The Morgan fingerprint density at radius 2 is 1.62 bits per heavy atom. The molecule has 3 rings (SSSR count). The van der Waals surface area contributed by atoms with Crippen molar-refractivity contribution in [2.45, 2.75) is 64.0 Å². The van der Waals surface area contributed by atoms with Gasteiger partial charge in [0.15, 0.2) is 5.78 Å². The predicted octanol–water partition coefficient (Wildman–Crippen LogP) is 2.76. The van der Waals surface area contributed by atoms with Crippen LogP contribution in [0.5, 0.6) is 0 Å². The molecule has 2 aliphatic rings. The van der Waals surface area contributed by atoms with E-state index in [-0.39, 0.29) is 23.5 Å². The first-order chi connectivity index (χ1) is 13.9. The van der Waals surface area contributed by atoms with Crippen LogP contribution < -0.4 is 11.1 Å². The number of hydrogen-bond acceptors (Lipinski definition) is 4. The first-order valence-corrected chi connectivity index (χ1v) is 10.8. The van der Waals surface area contributed by atoms with Crippen molar-refractivity contribution in [1.29, 1.82) is 0 Å². The monoisotopic (exact) mass is 399 g/mol. The van der Waals surface area contributed by atoms with E-state index in [0.29, 0.717) is 29.6 Å². The summed E-state index contributed by atoms with van der Waals surface area (Å²) in [5, 5.41) is 3.00. The van der Waals surface area contributed by atoms with Gasteiger partial charge in [-0.3, -0.25) is 14.4 Å². The highest BCUT2D eigenvalue weighted by Crippen LogP contribution is 2.32. The average molecular weight is 400 g/mol. The fourth-order valence-electron chi connectivity index (χ4n) is 4.34. The number of likely N-dealkylation sites (N-methyl/N-ethyl adjacent to an activating group) is 1. The third-order valence-corrected chi connectivity index (χ3v) is 6.76. The van der Waals surface area contributed by atoms with Crippen LogP contribution in [0, 0.1) is 11.8 Å². The van der Waals surface area contributed by atoms with Gasteiger partial charge in [0.25, 0.3) is 5.91 Å². The lowest BCUT2D eigenvalue weighted by Crippen LogP contribution is -2.52. The van der Waals surface area contributed by atoms with E-state index in [2.05, 4.69) is 5.32 Å². The molecule has 1 aromatic carbocycles. The predicted molar refractivity (Wildman–Crippen MR) is 113 cm³/mol. The maximum absolute atomic E-state index is 12.6. The van der Waals surface area contributed by atoms with Gasteiger partial charge in [0, 0.05) is 30.8 Å². The van der Waals surface area contributed by atoms with Crippen LogP contribution in [0.4, 0.5) is 0 Å². The molecule has 0 spiro atoms. The highest BCUT2D eigenvalue weighted by Gasteiger charge is 2.34. The van der Waals surface area contributed by atoms with E-state index in [9.17, 15) is 14.4 Å². The van der Waals surface area contributed by atoms with Gasteiger partial charge in [-0.15, -0.1) is 0 Å². The number of carbonyl (C=O) groups excluding carboxylic acids is 3. The fraction of sp³-hybridized carbons (Fsp3) is 0.609. The van der Waals surface area contributed by atoms with E-state index < -0.39 is 6.04 Å². The van der Waals surface area contributed by atoms with E-state index in [1.165, 1.54) is 13.3 Å². The summed E-state index contributed by atoms with van der Waals surface area (Å²) < 4.78 is 0. The number of nitrogens with one attached hydrogen (secondary N) is 1. The van der Waals surface area contributed by atoms with Crippen LogP contribution in [0.3, 0.4) is 0 Å². The van der Waals surface area contributed by atoms with Gasteiger partial charge in [0.05, 0.1) is 6.04 Å². The fourth-order valence-corrected chi connectivity index (χ4v) is 4.34. The van der Waals surface area contributed by atoms with Crippen molar-refractivity contribution in [2.75, 3.05) is 13.6 Å². The molecular formula is C23H33N3O3. The molecule has 2 saturated carbocycles. The number of nitrogens with two attached hydrogens (primary N) is 1. The van der Waals surface area contributed by atoms with Crippen molar-refractivity contribution in [3.8, 4) is 0 Å². The Morgan fingerprint density at radius 3 is 2.14 bits per heavy atom. The van der Waals surface area contributed by atoms with Gasteiger partial charge < -0.3 is 16.0 Å². The molecule has 0 bridgehead atoms. The van der Waals surface area contributed by atoms with E-state index >= 15 is 0 Å². The molecule has 2 aliphatic carbocycles. The molecule has 0 aliphatic heterocycles. The Hall–Kier alpha value is -2.21. The number of ketones is 1. The number of rotatable bonds is 7. The highest BCUT2D eigenvalue weighted by molar-refractivity contribution is 5.97. The quantitative estimate of drug-likeness (QED) is 0.690. The molecule has 158 valence electrons. The smallest absolute Gasteiger partial charge is 0.251 e. The number of carbonyl (C=O) groups is 3. The van der Waals surface area contributed by atoms with Crippen LogP contribution in [0.15, 0.2) is 24.3 Å². The van der Waals surface area contributed by atoms with Crippen molar-refractivity contribution < 1.29 is 14.4 Å². The molecule has 0 heterocycles. The van der Waals surface area contributed by atoms with Gasteiger partial charge in [0.2, 0.25) is 5.91 Å². The SMILES string of the molecule is CC(=O)c1ccc(C(=O)NCC2CCC([C@H](N)C(=O)N(C)C3CCC3)CC2)cc1. The number of hydrogen-bond donors (Lipinski definition) is 2. The van der Waals surface area contributed by atoms with Crippen LogP contribution in [-0.4, -0.2) is 48.2 Å². The normalized spacial score (nSPS) is 23.0. The van der Waals surface area contributed by atoms with Gasteiger partial charge in [-0.25, -0.2) is 0 Å². The summed E-state index contributed by atoms with van der Waals surface area (Å²) in [5.74, 6) is 0.607. The van der Waals surface area contributed by atoms with Crippen molar-refractivity contribution in [2.24, 2.45) is 17.6 Å². The van der Waals surface area contributed by atoms with Gasteiger partial charge in [0.1, 0.15) is 0 Å². The second kappa shape index (κ2) is 9.53. The number of amides is 2. The summed E-state index contributed by atoms with van der Waals surface area (Å²) in [4.78, 5) is 38.1. The molecule has 2 amide bonds. The largest absolute Gasteiger partial charge is 0.352 e. The second-order valence-electron chi connectivity index (χ2n) is 8.68. The zero-order chi connectivity index (χ0) is 21.0. The third-order valence-electron chi connectivity index (χ3n) is 6.76. The van der Waals surface area contributed by atoms with Crippen LogP contribution in [0.1, 0.15) is 72.6 Å². The average Bonchev–Trinajstić information content (AvgIpc) is 2.70. The first kappa shape index (κ1) is 21.5. The molecule has 0 unspecified atom stereocenters. The summed E-state index contributed by atoms with van der Waals surface area (Å²) in [5.41, 5.74) is 7.47. The topological polar surface area (TPSA) is 92.5 Å². The first-order valence-electron chi connectivity index (χ1n) is 10.8. The second-order valence-corrected chi connectivity index (χ2v) is 8.68. The summed E-state index contributed by atoms with van der Waals surface area (Å²) in [7, 11) is 1.89. The number of nitrogens with zero attached hydrogens (tertiary/aromatic N) is 1. The summed E-state index contributed by atoms with van der Waals surface area (Å²) >= 11 is 0. The molecule has 6 heteroatoms. The lowest BCUT2D eigenvalue weighted by Gasteiger charge is -2.38. The molecular weight excluding hydrogens is 366 g/mol. The van der Waals surface area contributed by atoms with Crippen LogP contribution in [0.2, 0.25) is 0 Å². The van der Waals surface area contributed by atoms with Crippen LogP contribution in [-0.2, 0) is 4.79 Å². The van der Waals surface area contributed by atoms with E-state index in [1.54, 1.807) is 24.3 Å². The molecule has 0 saturated heterocycles. The highest BCUT2D eigenvalue weighted by atomic mass is 16.2. The van der Waals surface area contributed by atoms with Gasteiger partial charge in [-0.1, -0.05) is 12.1 Å². The Labute approximate surface area is 173 Å². The summed E-state index contributed by atoms with van der Waals surface area (Å²) in [6.07, 6.45) is 7.20. The van der Waals surface area contributed by atoms with Crippen molar-refractivity contribution in [3.63, 3.8) is 0 Å². The molecule has 3 N–H and O–H groups in total. The Balaban J connectivity index is 1.41. The summed E-state index contributed by atoms with van der Waals surface area (Å²) in [6.45, 7) is 2.14. The molecule has 1 aromatic rings. The van der Waals surface area contributed by atoms with Crippen molar-refractivity contribution in [3.05, 3.63) is 35.4 Å². The third kappa shape index (κ3) is 5.24. The Morgan fingerprint density at radius 1 is 1.03 bits per heavy atom. The maximum atomic E-state index is 12.6. The minimum atomic E-state index is -0.407. The lowest BCUT2D eigenvalue weighted by atomic mass is 9.78. The number of Topliss-reactive ketones (excluding diaryl/α,β-unsaturated/α-hetero) is 1. The Bertz CT molecular complexity index is 734. The van der Waals surface area contributed by atoms with Crippen molar-refractivity contribution >= 4 is 17.6 Å². The minimum absolute atomic E-state index is 0.00992. The zero-order valence-corrected chi connectivity index (χ0v) is 17.5. The van der Waals surface area contributed by atoms with Crippen LogP contribution in [0.25, 0.3) is 0 Å². The molecule has 2 fully saturated rings. The van der Waals surface area contributed by atoms with E-state index in [0.717, 1.165) is 38.5 Å². The van der Waals surface area contributed by atoms with Gasteiger partial charge in [-0.05, 0) is 75.8 Å². The molecule has 6 nitrogen and oxygen atoms in total. The summed E-state index contributed by atoms with van der Waals surface area (Å²) in [6, 6.07) is 6.71. The van der Waals surface area contributed by atoms with Crippen molar-refractivity contribution in [1.82, 2.24) is 10.2 Å². The zero-order valence-electron chi connectivity index (χ0n) is 17.5. The number of benzene rings is 1. The van der Waals surface area contributed by atoms with Crippen LogP contribution >= 0.6 is 0 Å². The molecule has 0 radical (unpaired) electrons. The Kier molecular flexibility index (Phi) is 7.06. The molecule has 29 heavy (non-hydrogen) atoms. The van der Waals surface area contributed by atoms with Gasteiger partial charge >= 0.3 is 0 Å². The maximum Gasteiger partial charge on any atom is 0.251 e. The molecule has 0 aromatic heterocycles. The molecule has 1 atom stereocenters.